The Morgan fingerprint density at radius 1 is 1.40 bits per heavy atom. The quantitative estimate of drug-likeness (QED) is 0.746. The van der Waals surface area contributed by atoms with E-state index in [0.29, 0.717) is 16.8 Å². The lowest BCUT2D eigenvalue weighted by Crippen LogP contribution is -2.60. The molecule has 2 saturated heterocycles. The Morgan fingerprint density at radius 2 is 2.25 bits per heavy atom. The monoisotopic (exact) mass is 293 g/mol. The maximum absolute atomic E-state index is 12.7. The molecule has 1 aromatic heterocycles. The van der Waals surface area contributed by atoms with Crippen molar-refractivity contribution in [2.45, 2.75) is 38.3 Å². The maximum atomic E-state index is 12.7. The van der Waals surface area contributed by atoms with Gasteiger partial charge in [0.1, 0.15) is 5.15 Å². The van der Waals surface area contributed by atoms with Crippen molar-refractivity contribution in [1.29, 1.82) is 0 Å². The molecule has 2 fully saturated rings. The summed E-state index contributed by atoms with van der Waals surface area (Å²) in [6, 6.07) is 4.27. The minimum Gasteiger partial charge on any atom is -0.333 e. The molecule has 2 aliphatic rings. The summed E-state index contributed by atoms with van der Waals surface area (Å²) in [5, 5.41) is 0.302. The molecule has 1 aromatic rings. The van der Waals surface area contributed by atoms with Crippen molar-refractivity contribution < 1.29 is 4.79 Å². The van der Waals surface area contributed by atoms with Crippen molar-refractivity contribution in [2.75, 3.05) is 19.6 Å². The summed E-state index contributed by atoms with van der Waals surface area (Å²) in [4.78, 5) is 21.2. The zero-order valence-electron chi connectivity index (χ0n) is 11.8. The Kier molecular flexibility index (Phi) is 3.94. The number of pyridine rings is 1. The fraction of sp³-hybridized carbons (Fsp3) is 0.600. The Morgan fingerprint density at radius 3 is 3.05 bits per heavy atom. The van der Waals surface area contributed by atoms with E-state index in [9.17, 15) is 4.79 Å². The summed E-state index contributed by atoms with van der Waals surface area (Å²) in [5.41, 5.74) is 0.519. The number of piperidine rings is 1. The normalized spacial score (nSPS) is 27.2. The second-order valence-electron chi connectivity index (χ2n) is 5.79. The molecule has 2 unspecified atom stereocenters. The summed E-state index contributed by atoms with van der Waals surface area (Å²) in [5.74, 6) is 0.0147. The molecule has 20 heavy (non-hydrogen) atoms. The van der Waals surface area contributed by atoms with Crippen LogP contribution in [0.25, 0.3) is 0 Å². The molecule has 2 aliphatic heterocycles. The summed E-state index contributed by atoms with van der Waals surface area (Å²) < 4.78 is 0. The minimum atomic E-state index is 0.0147. The summed E-state index contributed by atoms with van der Waals surface area (Å²) in [6.07, 6.45) is 5.36. The number of hydrogen-bond acceptors (Lipinski definition) is 3. The van der Waals surface area contributed by atoms with Crippen molar-refractivity contribution in [3.8, 4) is 0 Å². The zero-order valence-corrected chi connectivity index (χ0v) is 12.5. The first-order valence-corrected chi connectivity index (χ1v) is 7.70. The molecule has 0 saturated carbocycles. The second-order valence-corrected chi connectivity index (χ2v) is 6.15. The van der Waals surface area contributed by atoms with Crippen molar-refractivity contribution in [1.82, 2.24) is 14.8 Å². The molecule has 3 rings (SSSR count). The van der Waals surface area contributed by atoms with Crippen LogP contribution in [-0.2, 0) is 0 Å². The number of nitrogens with zero attached hydrogens (tertiary/aromatic N) is 3. The molecule has 3 heterocycles. The number of piperazine rings is 1. The van der Waals surface area contributed by atoms with Gasteiger partial charge in [-0.15, -0.1) is 0 Å². The van der Waals surface area contributed by atoms with Crippen LogP contribution in [0.4, 0.5) is 0 Å². The lowest BCUT2D eigenvalue weighted by Gasteiger charge is -2.47. The average molecular weight is 294 g/mol. The number of rotatable bonds is 1. The van der Waals surface area contributed by atoms with Crippen LogP contribution in [0.1, 0.15) is 36.5 Å². The predicted octanol–water partition coefficient (Wildman–Crippen LogP) is 2.43. The van der Waals surface area contributed by atoms with Crippen LogP contribution in [0.15, 0.2) is 18.3 Å². The highest BCUT2D eigenvalue weighted by Crippen LogP contribution is 2.26. The van der Waals surface area contributed by atoms with Gasteiger partial charge in [-0.1, -0.05) is 18.0 Å². The first-order chi connectivity index (χ1) is 9.66. The molecule has 4 nitrogen and oxygen atoms in total. The molecule has 2 atom stereocenters. The fourth-order valence-electron chi connectivity index (χ4n) is 3.34. The first-order valence-electron chi connectivity index (χ1n) is 7.32. The van der Waals surface area contributed by atoms with Crippen LogP contribution in [-0.4, -0.2) is 52.4 Å². The van der Waals surface area contributed by atoms with Gasteiger partial charge in [-0.25, -0.2) is 4.98 Å². The Balaban J connectivity index is 1.79. The highest BCUT2D eigenvalue weighted by atomic mass is 35.5. The van der Waals surface area contributed by atoms with E-state index in [4.69, 9.17) is 11.6 Å². The number of amides is 1. The molecule has 0 radical (unpaired) electrons. The third-order valence-corrected chi connectivity index (χ3v) is 4.74. The predicted molar refractivity (Wildman–Crippen MR) is 79.0 cm³/mol. The Hall–Kier alpha value is -1.13. The highest BCUT2D eigenvalue weighted by Gasteiger charge is 2.35. The van der Waals surface area contributed by atoms with Gasteiger partial charge in [-0.2, -0.15) is 0 Å². The topological polar surface area (TPSA) is 36.4 Å². The molecule has 0 bridgehead atoms. The van der Waals surface area contributed by atoms with Gasteiger partial charge in [-0.3, -0.25) is 9.69 Å². The van der Waals surface area contributed by atoms with Crippen molar-refractivity contribution >= 4 is 17.5 Å². The van der Waals surface area contributed by atoms with Crippen molar-refractivity contribution in [3.63, 3.8) is 0 Å². The number of carbonyl (C=O) groups is 1. The van der Waals surface area contributed by atoms with Gasteiger partial charge in [0.25, 0.3) is 5.91 Å². The van der Waals surface area contributed by atoms with Gasteiger partial charge in [0.05, 0.1) is 5.56 Å². The van der Waals surface area contributed by atoms with Crippen molar-refractivity contribution in [2.24, 2.45) is 0 Å². The molecule has 1 amide bonds. The summed E-state index contributed by atoms with van der Waals surface area (Å²) >= 11 is 6.05. The molecule has 108 valence electrons. The van der Waals surface area contributed by atoms with Gasteiger partial charge in [0.15, 0.2) is 0 Å². The smallest absolute Gasteiger partial charge is 0.257 e. The van der Waals surface area contributed by atoms with Crippen LogP contribution in [0.3, 0.4) is 0 Å². The van der Waals surface area contributed by atoms with Gasteiger partial charge < -0.3 is 4.90 Å². The van der Waals surface area contributed by atoms with E-state index < -0.39 is 0 Å². The number of fused-ring (bicyclic) bond motifs is 1. The number of halogens is 1. The zero-order chi connectivity index (χ0) is 14.1. The summed E-state index contributed by atoms with van der Waals surface area (Å²) in [7, 11) is 0. The fourth-order valence-corrected chi connectivity index (χ4v) is 3.54. The standard InChI is InChI=1S/C15H20ClN3O/c1-11-9-18-8-3-2-5-12(18)10-19(11)15(20)13-6-4-7-17-14(13)16/h4,6-7,11-12H,2-3,5,8-10H2,1H3. The van der Waals surface area contributed by atoms with E-state index >= 15 is 0 Å². The highest BCUT2D eigenvalue weighted by molar-refractivity contribution is 6.32. The largest absolute Gasteiger partial charge is 0.333 e. The third kappa shape index (κ3) is 2.54. The van der Waals surface area contributed by atoms with E-state index in [1.165, 1.54) is 25.8 Å². The second kappa shape index (κ2) is 5.70. The lowest BCUT2D eigenvalue weighted by atomic mass is 9.96. The maximum Gasteiger partial charge on any atom is 0.257 e. The molecule has 5 heteroatoms. The van der Waals surface area contributed by atoms with E-state index in [-0.39, 0.29) is 11.9 Å². The molecular formula is C15H20ClN3O. The third-order valence-electron chi connectivity index (χ3n) is 4.44. The van der Waals surface area contributed by atoms with Gasteiger partial charge in [-0.05, 0) is 38.4 Å². The van der Waals surface area contributed by atoms with Crippen LogP contribution in [0.5, 0.6) is 0 Å². The number of aromatic nitrogens is 1. The van der Waals surface area contributed by atoms with Crippen LogP contribution in [0, 0.1) is 0 Å². The van der Waals surface area contributed by atoms with Crippen LogP contribution >= 0.6 is 11.6 Å². The Labute approximate surface area is 124 Å². The number of carbonyl (C=O) groups excluding carboxylic acids is 1. The van der Waals surface area contributed by atoms with E-state index in [1.54, 1.807) is 18.3 Å². The minimum absolute atomic E-state index is 0.0147. The van der Waals surface area contributed by atoms with Crippen molar-refractivity contribution in [3.05, 3.63) is 29.0 Å². The van der Waals surface area contributed by atoms with E-state index in [0.717, 1.165) is 13.1 Å². The summed E-state index contributed by atoms with van der Waals surface area (Å²) in [6.45, 7) is 5.07. The SMILES string of the molecule is CC1CN2CCCCC2CN1C(=O)c1cccnc1Cl. The lowest BCUT2D eigenvalue weighted by molar-refractivity contribution is 0.0151. The van der Waals surface area contributed by atoms with Crippen LogP contribution < -0.4 is 0 Å². The van der Waals surface area contributed by atoms with E-state index in [2.05, 4.69) is 16.8 Å². The van der Waals surface area contributed by atoms with Gasteiger partial charge in [0, 0.05) is 31.4 Å². The first kappa shape index (κ1) is 13.8. The molecule has 0 aromatic carbocycles. The molecular weight excluding hydrogens is 274 g/mol. The average Bonchev–Trinajstić information content (AvgIpc) is 2.46. The Bertz CT molecular complexity index is 508. The molecule has 0 N–H and O–H groups in total. The van der Waals surface area contributed by atoms with Gasteiger partial charge in [0.2, 0.25) is 0 Å². The van der Waals surface area contributed by atoms with E-state index in [1.807, 2.05) is 4.90 Å². The molecule has 0 aliphatic carbocycles. The number of hydrogen-bond donors (Lipinski definition) is 0. The van der Waals surface area contributed by atoms with Gasteiger partial charge >= 0.3 is 0 Å². The molecule has 0 spiro atoms. The van der Waals surface area contributed by atoms with Crippen LogP contribution in [0.2, 0.25) is 5.15 Å².